The number of urea groups is 1. The Balaban J connectivity index is 1.40. The van der Waals surface area contributed by atoms with Crippen LogP contribution in [0.4, 0.5) is 10.5 Å². The van der Waals surface area contributed by atoms with Gasteiger partial charge < -0.3 is 20.4 Å². The molecule has 4 rings (SSSR count). The molecule has 1 aliphatic heterocycles. The highest BCUT2D eigenvalue weighted by atomic mass is 16.5. The molecule has 3 aromatic rings. The van der Waals surface area contributed by atoms with Gasteiger partial charge in [0.1, 0.15) is 18.3 Å². The fraction of sp³-hybridized carbons (Fsp3) is 0.190. The molecule has 4 amide bonds. The lowest BCUT2D eigenvalue weighted by Gasteiger charge is -2.13. The number of fused-ring (bicyclic) bond motifs is 1. The monoisotopic (exact) mass is 392 g/mol. The van der Waals surface area contributed by atoms with E-state index in [0.29, 0.717) is 17.9 Å². The number of nitrogens with zero attached hydrogens (tertiary/aromatic N) is 1. The molecule has 2 heterocycles. The number of amides is 4. The molecule has 0 unspecified atom stereocenters. The molecule has 1 aromatic heterocycles. The molecule has 148 valence electrons. The van der Waals surface area contributed by atoms with Crippen LogP contribution < -0.4 is 15.4 Å². The molecular formula is C21H20N4O4. The standard InChI is InChI=1S/C21H20N4O4/c1-29-15-8-6-14(7-9-15)23-19(26)12-25-20(27)18(24-21(25)28)10-13-11-22-17-5-3-2-4-16(13)17/h2-9,11,18,22H,10,12H2,1H3,(H,23,26)(H,24,28)/t18-/m0/s1. The Labute approximate surface area is 166 Å². The SMILES string of the molecule is COc1ccc(NC(=O)CN2C(=O)N[C@@H](Cc3c[nH]c4ccccc34)C2=O)cc1. The molecule has 8 heteroatoms. The Morgan fingerprint density at radius 2 is 1.90 bits per heavy atom. The van der Waals surface area contributed by atoms with Crippen molar-refractivity contribution in [2.24, 2.45) is 0 Å². The number of anilines is 1. The summed E-state index contributed by atoms with van der Waals surface area (Å²) < 4.78 is 5.07. The summed E-state index contributed by atoms with van der Waals surface area (Å²) >= 11 is 0. The van der Waals surface area contributed by atoms with Crippen molar-refractivity contribution in [3.05, 3.63) is 60.3 Å². The minimum absolute atomic E-state index is 0.346. The lowest BCUT2D eigenvalue weighted by molar-refractivity contribution is -0.130. The van der Waals surface area contributed by atoms with Crippen molar-refractivity contribution in [3.8, 4) is 5.75 Å². The zero-order valence-corrected chi connectivity index (χ0v) is 15.8. The average Bonchev–Trinajstić information content (AvgIpc) is 3.25. The van der Waals surface area contributed by atoms with Gasteiger partial charge in [-0.2, -0.15) is 0 Å². The fourth-order valence-electron chi connectivity index (χ4n) is 3.40. The Hall–Kier alpha value is -3.81. The highest BCUT2D eigenvalue weighted by molar-refractivity contribution is 6.08. The molecule has 1 atom stereocenters. The van der Waals surface area contributed by atoms with E-state index < -0.39 is 23.9 Å². The maximum Gasteiger partial charge on any atom is 0.325 e. The molecule has 0 bridgehead atoms. The van der Waals surface area contributed by atoms with Crippen molar-refractivity contribution in [1.29, 1.82) is 0 Å². The molecule has 0 radical (unpaired) electrons. The van der Waals surface area contributed by atoms with E-state index in [1.165, 1.54) is 0 Å². The molecule has 3 N–H and O–H groups in total. The molecular weight excluding hydrogens is 372 g/mol. The number of methoxy groups -OCH3 is 1. The third-order valence-corrected chi connectivity index (χ3v) is 4.88. The van der Waals surface area contributed by atoms with Crippen LogP contribution in [0.15, 0.2) is 54.7 Å². The van der Waals surface area contributed by atoms with Crippen LogP contribution >= 0.6 is 0 Å². The molecule has 0 aliphatic carbocycles. The predicted octanol–water partition coefficient (Wildman–Crippen LogP) is 2.28. The summed E-state index contributed by atoms with van der Waals surface area (Å²) in [6, 6.07) is 13.3. The summed E-state index contributed by atoms with van der Waals surface area (Å²) in [7, 11) is 1.55. The van der Waals surface area contributed by atoms with Gasteiger partial charge in [-0.25, -0.2) is 4.79 Å². The summed E-state index contributed by atoms with van der Waals surface area (Å²) in [5, 5.41) is 6.35. The highest BCUT2D eigenvalue weighted by Crippen LogP contribution is 2.21. The number of H-pyrrole nitrogens is 1. The number of ether oxygens (including phenoxy) is 1. The molecule has 0 spiro atoms. The summed E-state index contributed by atoms with van der Waals surface area (Å²) in [5.74, 6) is -0.200. The first-order valence-corrected chi connectivity index (χ1v) is 9.16. The van der Waals surface area contributed by atoms with Gasteiger partial charge in [0, 0.05) is 29.2 Å². The molecule has 8 nitrogen and oxygen atoms in total. The number of imide groups is 1. The zero-order valence-electron chi connectivity index (χ0n) is 15.8. The van der Waals surface area contributed by atoms with Crippen LogP contribution in [0.2, 0.25) is 0 Å². The largest absolute Gasteiger partial charge is 0.497 e. The van der Waals surface area contributed by atoms with Crippen molar-refractivity contribution in [2.45, 2.75) is 12.5 Å². The van der Waals surface area contributed by atoms with Gasteiger partial charge in [-0.3, -0.25) is 14.5 Å². The van der Waals surface area contributed by atoms with Crippen molar-refractivity contribution < 1.29 is 19.1 Å². The second-order valence-electron chi connectivity index (χ2n) is 6.77. The van der Waals surface area contributed by atoms with Crippen LogP contribution in [0.3, 0.4) is 0 Å². The number of aromatic nitrogens is 1. The lowest BCUT2D eigenvalue weighted by Crippen LogP contribution is -2.38. The zero-order chi connectivity index (χ0) is 20.4. The third-order valence-electron chi connectivity index (χ3n) is 4.88. The van der Waals surface area contributed by atoms with Gasteiger partial charge in [0.05, 0.1) is 7.11 Å². The summed E-state index contributed by atoms with van der Waals surface area (Å²) in [6.45, 7) is -0.346. The van der Waals surface area contributed by atoms with E-state index >= 15 is 0 Å². The minimum Gasteiger partial charge on any atom is -0.497 e. The van der Waals surface area contributed by atoms with Crippen LogP contribution in [0.25, 0.3) is 10.9 Å². The van der Waals surface area contributed by atoms with Gasteiger partial charge in [0.25, 0.3) is 5.91 Å². The second kappa shape index (κ2) is 7.67. The quantitative estimate of drug-likeness (QED) is 0.560. The second-order valence-corrected chi connectivity index (χ2v) is 6.77. The number of rotatable bonds is 6. The third kappa shape index (κ3) is 3.77. The number of nitrogens with one attached hydrogen (secondary N) is 3. The van der Waals surface area contributed by atoms with Crippen molar-refractivity contribution in [2.75, 3.05) is 19.0 Å². The first-order chi connectivity index (χ1) is 14.0. The maximum atomic E-state index is 12.7. The Bertz CT molecular complexity index is 1070. The molecule has 0 saturated carbocycles. The number of benzene rings is 2. The normalized spacial score (nSPS) is 16.2. The van der Waals surface area contributed by atoms with Crippen LogP contribution in [-0.2, 0) is 16.0 Å². The van der Waals surface area contributed by atoms with E-state index in [4.69, 9.17) is 4.74 Å². The maximum absolute atomic E-state index is 12.7. The van der Waals surface area contributed by atoms with Crippen molar-refractivity contribution >= 4 is 34.4 Å². The van der Waals surface area contributed by atoms with Gasteiger partial charge in [-0.05, 0) is 35.9 Å². The Morgan fingerprint density at radius 1 is 1.14 bits per heavy atom. The van der Waals surface area contributed by atoms with Crippen LogP contribution in [-0.4, -0.2) is 47.4 Å². The van der Waals surface area contributed by atoms with E-state index in [0.717, 1.165) is 21.4 Å². The number of para-hydroxylation sites is 1. The van der Waals surface area contributed by atoms with E-state index in [9.17, 15) is 14.4 Å². The molecule has 1 fully saturated rings. The van der Waals surface area contributed by atoms with Crippen molar-refractivity contribution in [1.82, 2.24) is 15.2 Å². The fourth-order valence-corrected chi connectivity index (χ4v) is 3.40. The van der Waals surface area contributed by atoms with Crippen LogP contribution in [0.1, 0.15) is 5.56 Å². The summed E-state index contributed by atoms with van der Waals surface area (Å²) in [4.78, 5) is 41.3. The first-order valence-electron chi connectivity index (χ1n) is 9.16. The van der Waals surface area contributed by atoms with E-state index in [-0.39, 0.29) is 6.54 Å². The smallest absolute Gasteiger partial charge is 0.325 e. The van der Waals surface area contributed by atoms with Crippen molar-refractivity contribution in [3.63, 3.8) is 0 Å². The Morgan fingerprint density at radius 3 is 2.66 bits per heavy atom. The average molecular weight is 392 g/mol. The number of hydrogen-bond acceptors (Lipinski definition) is 4. The molecule has 29 heavy (non-hydrogen) atoms. The Kier molecular flexibility index (Phi) is 4.90. The molecule has 1 aliphatic rings. The molecule has 1 saturated heterocycles. The number of carbonyl (C=O) groups is 3. The highest BCUT2D eigenvalue weighted by Gasteiger charge is 2.39. The molecule has 2 aromatic carbocycles. The van der Waals surface area contributed by atoms with E-state index in [1.807, 2.05) is 30.5 Å². The summed E-state index contributed by atoms with van der Waals surface area (Å²) in [5.41, 5.74) is 2.46. The number of aromatic amines is 1. The topological polar surface area (TPSA) is 104 Å². The van der Waals surface area contributed by atoms with E-state index in [2.05, 4.69) is 15.6 Å². The first kappa shape index (κ1) is 18.5. The predicted molar refractivity (Wildman–Crippen MR) is 108 cm³/mol. The number of carbonyl (C=O) groups excluding carboxylic acids is 3. The lowest BCUT2D eigenvalue weighted by atomic mass is 10.1. The van der Waals surface area contributed by atoms with E-state index in [1.54, 1.807) is 31.4 Å². The van der Waals surface area contributed by atoms with Gasteiger partial charge in [-0.15, -0.1) is 0 Å². The van der Waals surface area contributed by atoms with Gasteiger partial charge in [0.2, 0.25) is 5.91 Å². The number of hydrogen-bond donors (Lipinski definition) is 3. The van der Waals surface area contributed by atoms with Gasteiger partial charge in [-0.1, -0.05) is 18.2 Å². The van der Waals surface area contributed by atoms with Crippen LogP contribution in [0.5, 0.6) is 5.75 Å². The van der Waals surface area contributed by atoms with Gasteiger partial charge in [0.15, 0.2) is 0 Å². The van der Waals surface area contributed by atoms with Crippen LogP contribution in [0, 0.1) is 0 Å². The minimum atomic E-state index is -0.699. The summed E-state index contributed by atoms with van der Waals surface area (Å²) in [6.07, 6.45) is 2.19. The van der Waals surface area contributed by atoms with Gasteiger partial charge >= 0.3 is 6.03 Å².